The van der Waals surface area contributed by atoms with Gasteiger partial charge in [0.15, 0.2) is 0 Å². The molecule has 0 atom stereocenters. The van der Waals surface area contributed by atoms with E-state index in [1.807, 2.05) is 0 Å². The van der Waals surface area contributed by atoms with E-state index in [1.54, 1.807) is 6.07 Å². The lowest BCUT2D eigenvalue weighted by molar-refractivity contribution is 0.148. The van der Waals surface area contributed by atoms with Crippen molar-refractivity contribution < 1.29 is 13.2 Å². The minimum Gasteiger partial charge on any atom is -0.380 e. The maximum absolute atomic E-state index is 12.3. The van der Waals surface area contributed by atoms with Gasteiger partial charge in [-0.3, -0.25) is 0 Å². The van der Waals surface area contributed by atoms with Crippen LogP contribution in [0.4, 0.5) is 0 Å². The molecule has 2 rings (SSSR count). The number of pyridine rings is 1. The highest BCUT2D eigenvalue weighted by Gasteiger charge is 2.27. The van der Waals surface area contributed by atoms with E-state index in [0.717, 1.165) is 0 Å². The van der Waals surface area contributed by atoms with Gasteiger partial charge in [-0.15, -0.1) is 0 Å². The molecular weight excluding hydrogens is 264 g/mol. The van der Waals surface area contributed by atoms with Crippen molar-refractivity contribution in [3.8, 4) is 0 Å². The van der Waals surface area contributed by atoms with Gasteiger partial charge in [-0.05, 0) is 18.6 Å². The van der Waals surface area contributed by atoms with Crippen LogP contribution >= 0.6 is 11.6 Å². The molecule has 0 unspecified atom stereocenters. The molecular formula is C10H13ClN2O3S. The average Bonchev–Trinajstić information content (AvgIpc) is 2.58. The Kier molecular flexibility index (Phi) is 3.98. The van der Waals surface area contributed by atoms with E-state index in [0.29, 0.717) is 32.7 Å². The number of rotatable bonds is 2. The van der Waals surface area contributed by atoms with Crippen molar-refractivity contribution >= 4 is 21.6 Å². The van der Waals surface area contributed by atoms with Gasteiger partial charge in [0.1, 0.15) is 10.0 Å². The molecule has 0 radical (unpaired) electrons. The Labute approximate surface area is 105 Å². The van der Waals surface area contributed by atoms with Crippen LogP contribution in [-0.2, 0) is 14.8 Å². The zero-order valence-corrected chi connectivity index (χ0v) is 10.7. The first kappa shape index (κ1) is 12.8. The highest BCUT2D eigenvalue weighted by molar-refractivity contribution is 7.89. The molecule has 1 aromatic heterocycles. The van der Waals surface area contributed by atoms with Crippen LogP contribution in [0, 0.1) is 0 Å². The fourth-order valence-corrected chi connectivity index (χ4v) is 3.56. The number of hydrogen-bond acceptors (Lipinski definition) is 4. The zero-order valence-electron chi connectivity index (χ0n) is 9.17. The molecule has 2 heterocycles. The van der Waals surface area contributed by atoms with Crippen LogP contribution in [0.1, 0.15) is 6.42 Å². The van der Waals surface area contributed by atoms with E-state index in [1.165, 1.54) is 16.6 Å². The van der Waals surface area contributed by atoms with E-state index in [-0.39, 0.29) is 10.0 Å². The van der Waals surface area contributed by atoms with Gasteiger partial charge in [0.05, 0.1) is 6.61 Å². The van der Waals surface area contributed by atoms with Crippen LogP contribution < -0.4 is 0 Å². The lowest BCUT2D eigenvalue weighted by atomic mass is 10.5. The number of nitrogens with zero attached hydrogens (tertiary/aromatic N) is 2. The Balaban J connectivity index is 2.32. The molecule has 17 heavy (non-hydrogen) atoms. The molecule has 0 bridgehead atoms. The molecule has 1 aliphatic rings. The molecule has 94 valence electrons. The molecule has 1 aromatic rings. The topological polar surface area (TPSA) is 59.5 Å². The summed E-state index contributed by atoms with van der Waals surface area (Å²) in [7, 11) is -3.56. The molecule has 7 heteroatoms. The monoisotopic (exact) mass is 276 g/mol. The first-order valence-corrected chi connectivity index (χ1v) is 7.12. The fourth-order valence-electron chi connectivity index (χ4n) is 1.67. The van der Waals surface area contributed by atoms with Crippen LogP contribution in [0.25, 0.3) is 0 Å². The van der Waals surface area contributed by atoms with Crippen molar-refractivity contribution in [2.75, 3.05) is 26.3 Å². The maximum atomic E-state index is 12.3. The molecule has 0 aliphatic carbocycles. The zero-order chi connectivity index (χ0) is 12.3. The third-order valence-corrected chi connectivity index (χ3v) is 4.87. The Morgan fingerprint density at radius 2 is 2.18 bits per heavy atom. The number of halogens is 1. The van der Waals surface area contributed by atoms with Crippen LogP contribution in [0.3, 0.4) is 0 Å². The van der Waals surface area contributed by atoms with Gasteiger partial charge in [0, 0.05) is 25.9 Å². The molecule has 5 nitrogen and oxygen atoms in total. The van der Waals surface area contributed by atoms with Crippen molar-refractivity contribution in [1.82, 2.24) is 9.29 Å². The SMILES string of the molecule is O=S(=O)(c1cccnc1Cl)N1CCCOCC1. The van der Waals surface area contributed by atoms with Crippen LogP contribution in [-0.4, -0.2) is 44.0 Å². The number of sulfonamides is 1. The summed E-state index contributed by atoms with van der Waals surface area (Å²) in [6, 6.07) is 3.03. The van der Waals surface area contributed by atoms with Gasteiger partial charge in [-0.1, -0.05) is 11.6 Å². The quantitative estimate of drug-likeness (QED) is 0.760. The third-order valence-electron chi connectivity index (χ3n) is 2.52. The highest BCUT2D eigenvalue weighted by atomic mass is 35.5. The first-order valence-electron chi connectivity index (χ1n) is 5.31. The van der Waals surface area contributed by atoms with Crippen molar-refractivity contribution in [2.45, 2.75) is 11.3 Å². The summed E-state index contributed by atoms with van der Waals surface area (Å²) in [5, 5.41) is 0.0117. The standard InChI is InChI=1S/C10H13ClN2O3S/c11-10-9(3-1-4-12-10)17(14,15)13-5-2-7-16-8-6-13/h1,3-4H,2,5-8H2. The second-order valence-corrected chi connectivity index (χ2v) is 5.93. The molecule has 1 fully saturated rings. The largest absolute Gasteiger partial charge is 0.380 e. The number of ether oxygens (including phenoxy) is 1. The summed E-state index contributed by atoms with van der Waals surface area (Å²) >= 11 is 5.82. The van der Waals surface area contributed by atoms with Crippen molar-refractivity contribution in [1.29, 1.82) is 0 Å². The predicted molar refractivity (Wildman–Crippen MR) is 63.4 cm³/mol. The van der Waals surface area contributed by atoms with Gasteiger partial charge in [-0.25, -0.2) is 13.4 Å². The lowest BCUT2D eigenvalue weighted by Crippen LogP contribution is -2.33. The van der Waals surface area contributed by atoms with Crippen LogP contribution in [0.15, 0.2) is 23.2 Å². The Bertz CT molecular complexity index is 484. The van der Waals surface area contributed by atoms with Gasteiger partial charge in [-0.2, -0.15) is 4.31 Å². The first-order chi connectivity index (χ1) is 8.12. The second-order valence-electron chi connectivity index (χ2n) is 3.66. The summed E-state index contributed by atoms with van der Waals surface area (Å²) in [6.07, 6.45) is 2.16. The molecule has 0 N–H and O–H groups in total. The van der Waals surface area contributed by atoms with Crippen molar-refractivity contribution in [3.05, 3.63) is 23.5 Å². The molecule has 0 aromatic carbocycles. The van der Waals surface area contributed by atoms with Gasteiger partial charge in [0.2, 0.25) is 10.0 Å². The van der Waals surface area contributed by atoms with Crippen LogP contribution in [0.5, 0.6) is 0 Å². The molecule has 1 aliphatic heterocycles. The summed E-state index contributed by atoms with van der Waals surface area (Å²) in [5.74, 6) is 0. The van der Waals surface area contributed by atoms with E-state index >= 15 is 0 Å². The van der Waals surface area contributed by atoms with Gasteiger partial charge in [0.25, 0.3) is 0 Å². The number of hydrogen-bond donors (Lipinski definition) is 0. The Morgan fingerprint density at radius 1 is 1.35 bits per heavy atom. The second kappa shape index (κ2) is 5.30. The average molecular weight is 277 g/mol. The molecule has 0 saturated carbocycles. The predicted octanol–water partition coefficient (Wildman–Crippen LogP) is 1.15. The summed E-state index contributed by atoms with van der Waals surface area (Å²) in [5.41, 5.74) is 0. The lowest BCUT2D eigenvalue weighted by Gasteiger charge is -2.19. The highest BCUT2D eigenvalue weighted by Crippen LogP contribution is 2.22. The smallest absolute Gasteiger partial charge is 0.246 e. The van der Waals surface area contributed by atoms with E-state index in [9.17, 15) is 8.42 Å². The number of aromatic nitrogens is 1. The fraction of sp³-hybridized carbons (Fsp3) is 0.500. The summed E-state index contributed by atoms with van der Waals surface area (Å²) in [4.78, 5) is 3.85. The minimum absolute atomic E-state index is 0.0117. The third kappa shape index (κ3) is 2.77. The van der Waals surface area contributed by atoms with Crippen molar-refractivity contribution in [3.63, 3.8) is 0 Å². The normalized spacial score (nSPS) is 18.9. The van der Waals surface area contributed by atoms with Crippen molar-refractivity contribution in [2.24, 2.45) is 0 Å². The Morgan fingerprint density at radius 3 is 2.94 bits per heavy atom. The summed E-state index contributed by atoms with van der Waals surface area (Å²) < 4.78 is 31.2. The minimum atomic E-state index is -3.56. The van der Waals surface area contributed by atoms with E-state index in [2.05, 4.69) is 4.98 Å². The van der Waals surface area contributed by atoms with Crippen LogP contribution in [0.2, 0.25) is 5.15 Å². The summed E-state index contributed by atoms with van der Waals surface area (Å²) in [6.45, 7) is 1.81. The Hall–Kier alpha value is -0.690. The van der Waals surface area contributed by atoms with E-state index < -0.39 is 10.0 Å². The van der Waals surface area contributed by atoms with Gasteiger partial charge >= 0.3 is 0 Å². The maximum Gasteiger partial charge on any atom is 0.246 e. The molecule has 0 amide bonds. The molecule has 1 saturated heterocycles. The molecule has 0 spiro atoms. The van der Waals surface area contributed by atoms with E-state index in [4.69, 9.17) is 16.3 Å². The van der Waals surface area contributed by atoms with Gasteiger partial charge < -0.3 is 4.74 Å².